The van der Waals surface area contributed by atoms with Crippen LogP contribution in [0.3, 0.4) is 0 Å². The second kappa shape index (κ2) is 8.89. The Morgan fingerprint density at radius 2 is 1.74 bits per heavy atom. The van der Waals surface area contributed by atoms with E-state index in [1.165, 1.54) is 75.1 Å². The van der Waals surface area contributed by atoms with Crippen LogP contribution in [0.5, 0.6) is 0 Å². The molecule has 2 aromatic rings. The molecule has 1 aliphatic carbocycles. The Morgan fingerprint density at radius 3 is 2.33 bits per heavy atom. The Hall–Kier alpha value is -1.17. The van der Waals surface area contributed by atoms with Gasteiger partial charge in [0.15, 0.2) is 0 Å². The van der Waals surface area contributed by atoms with Gasteiger partial charge in [0.05, 0.1) is 11.0 Å². The summed E-state index contributed by atoms with van der Waals surface area (Å²) in [5.74, 6) is 0.919. The van der Waals surface area contributed by atoms with Crippen LogP contribution in [-0.2, 0) is 4.79 Å². The number of aromatic nitrogens is 2. The predicted molar refractivity (Wildman–Crippen MR) is 113 cm³/mol. The number of primary amides is 1. The van der Waals surface area contributed by atoms with E-state index in [9.17, 15) is 4.79 Å². The molecule has 1 aliphatic heterocycles. The normalized spacial score (nSPS) is 18.4. The molecular formula is C19H25Cl3N4O. The average Bonchev–Trinajstić information content (AvgIpc) is 3.31. The first-order chi connectivity index (χ1) is 12.8. The molecule has 1 saturated heterocycles. The molecule has 4 rings (SSSR count). The summed E-state index contributed by atoms with van der Waals surface area (Å²) in [6.07, 6.45) is 9.39. The van der Waals surface area contributed by atoms with Crippen molar-refractivity contribution in [2.45, 2.75) is 54.7 Å². The van der Waals surface area contributed by atoms with Crippen molar-refractivity contribution >= 4 is 57.4 Å². The van der Waals surface area contributed by atoms with Crippen molar-refractivity contribution in [2.75, 3.05) is 18.0 Å². The molecular weight excluding hydrogens is 407 g/mol. The minimum atomic E-state index is -1.94. The standard InChI is InChI=1S/C17H23N3.C2H2Cl3NO/c1-2-6-13(7-3-1)17-18-15-9-8-14(12-16(15)19-17)20-10-4-5-11-20;3-2(4,5)1(6)7/h8-9,12-13H,1-7,10-11H2,(H,18,19);(H2,6,7). The Balaban J connectivity index is 0.000000260. The molecule has 1 amide bonds. The van der Waals surface area contributed by atoms with Crippen molar-refractivity contribution in [1.82, 2.24) is 9.97 Å². The third-order valence-corrected chi connectivity index (χ3v) is 5.79. The fourth-order valence-electron chi connectivity index (χ4n) is 3.76. The molecule has 0 radical (unpaired) electrons. The molecule has 2 aliphatic rings. The van der Waals surface area contributed by atoms with Crippen LogP contribution >= 0.6 is 34.8 Å². The lowest BCUT2D eigenvalue weighted by Gasteiger charge is -2.19. The molecule has 2 heterocycles. The Bertz CT molecular complexity index is 775. The highest BCUT2D eigenvalue weighted by Gasteiger charge is 2.26. The maximum Gasteiger partial charge on any atom is 0.269 e. The third-order valence-electron chi connectivity index (χ3n) is 5.23. The number of benzene rings is 1. The van der Waals surface area contributed by atoms with Crippen LogP contribution in [-0.4, -0.2) is 32.8 Å². The van der Waals surface area contributed by atoms with Gasteiger partial charge >= 0.3 is 0 Å². The van der Waals surface area contributed by atoms with Gasteiger partial charge in [0.1, 0.15) is 5.82 Å². The number of anilines is 1. The molecule has 0 bridgehead atoms. The zero-order valence-corrected chi connectivity index (χ0v) is 17.5. The van der Waals surface area contributed by atoms with Crippen molar-refractivity contribution in [3.05, 3.63) is 24.0 Å². The number of hydrogen-bond donors (Lipinski definition) is 2. The van der Waals surface area contributed by atoms with Gasteiger partial charge in [-0.05, 0) is 43.9 Å². The molecule has 0 unspecified atom stereocenters. The average molecular weight is 432 g/mol. The number of nitrogens with two attached hydrogens (primary N) is 1. The number of amides is 1. The van der Waals surface area contributed by atoms with Crippen LogP contribution in [0.1, 0.15) is 56.7 Å². The maximum absolute atomic E-state index is 9.85. The summed E-state index contributed by atoms with van der Waals surface area (Å²) in [6, 6.07) is 6.71. The van der Waals surface area contributed by atoms with Crippen molar-refractivity contribution in [3.63, 3.8) is 0 Å². The number of rotatable bonds is 2. The second-order valence-corrected chi connectivity index (χ2v) is 9.50. The molecule has 2 fully saturated rings. The van der Waals surface area contributed by atoms with Gasteiger partial charge in [-0.1, -0.05) is 54.1 Å². The predicted octanol–water partition coefficient (Wildman–Crippen LogP) is 5.05. The lowest BCUT2D eigenvalue weighted by molar-refractivity contribution is -0.117. The van der Waals surface area contributed by atoms with Gasteiger partial charge in [-0.15, -0.1) is 0 Å². The van der Waals surface area contributed by atoms with Crippen LogP contribution in [0.4, 0.5) is 5.69 Å². The highest BCUT2D eigenvalue weighted by Crippen LogP contribution is 2.33. The van der Waals surface area contributed by atoms with Crippen LogP contribution in [0.15, 0.2) is 18.2 Å². The van der Waals surface area contributed by atoms with Gasteiger partial charge in [-0.3, -0.25) is 4.79 Å². The van der Waals surface area contributed by atoms with Gasteiger partial charge in [0.2, 0.25) is 0 Å². The SMILES string of the molecule is NC(=O)C(Cl)(Cl)Cl.c1cc2nc(C3CCCCC3)[nH]c2cc1N1CCCC1. The highest BCUT2D eigenvalue weighted by molar-refractivity contribution is 6.76. The number of nitrogens with zero attached hydrogens (tertiary/aromatic N) is 2. The Kier molecular flexibility index (Phi) is 6.77. The molecule has 27 heavy (non-hydrogen) atoms. The molecule has 5 nitrogen and oxygen atoms in total. The van der Waals surface area contributed by atoms with Crippen molar-refractivity contribution in [2.24, 2.45) is 5.73 Å². The Morgan fingerprint density at radius 1 is 1.11 bits per heavy atom. The first kappa shape index (κ1) is 20.6. The summed E-state index contributed by atoms with van der Waals surface area (Å²) < 4.78 is -1.94. The molecule has 8 heteroatoms. The van der Waals surface area contributed by atoms with E-state index >= 15 is 0 Å². The Labute approximate surface area is 174 Å². The number of carbonyl (C=O) groups excluding carboxylic acids is 1. The molecule has 0 atom stereocenters. The number of alkyl halides is 3. The number of carbonyl (C=O) groups is 1. The molecule has 0 spiro atoms. The summed E-state index contributed by atoms with van der Waals surface area (Å²) >= 11 is 14.8. The van der Waals surface area contributed by atoms with Crippen LogP contribution in [0, 0.1) is 0 Å². The van der Waals surface area contributed by atoms with Gasteiger partial charge in [0, 0.05) is 24.7 Å². The number of hydrogen-bond acceptors (Lipinski definition) is 3. The van der Waals surface area contributed by atoms with Crippen molar-refractivity contribution in [3.8, 4) is 0 Å². The number of imidazole rings is 1. The molecule has 1 saturated carbocycles. The van der Waals surface area contributed by atoms with Crippen molar-refractivity contribution < 1.29 is 4.79 Å². The largest absolute Gasteiger partial charge is 0.371 e. The van der Waals surface area contributed by atoms with Crippen LogP contribution in [0.2, 0.25) is 0 Å². The van der Waals surface area contributed by atoms with E-state index < -0.39 is 9.70 Å². The highest BCUT2D eigenvalue weighted by atomic mass is 35.6. The summed E-state index contributed by atoms with van der Waals surface area (Å²) in [4.78, 5) is 20.8. The first-order valence-corrected chi connectivity index (χ1v) is 10.6. The number of H-pyrrole nitrogens is 1. The minimum absolute atomic E-state index is 0.659. The number of nitrogens with one attached hydrogen (secondary N) is 1. The summed E-state index contributed by atoms with van der Waals surface area (Å²) in [6.45, 7) is 2.41. The van der Waals surface area contributed by atoms with E-state index in [0.29, 0.717) is 5.92 Å². The van der Waals surface area contributed by atoms with Crippen molar-refractivity contribution in [1.29, 1.82) is 0 Å². The maximum atomic E-state index is 9.85. The second-order valence-electron chi connectivity index (χ2n) is 7.21. The van der Waals surface area contributed by atoms with E-state index in [0.717, 1.165) is 5.52 Å². The van der Waals surface area contributed by atoms with Gasteiger partial charge in [-0.25, -0.2) is 4.98 Å². The quantitative estimate of drug-likeness (QED) is 0.653. The molecule has 148 valence electrons. The molecule has 1 aromatic heterocycles. The summed E-state index contributed by atoms with van der Waals surface area (Å²) in [5, 5.41) is 0. The number of halogens is 3. The number of aromatic amines is 1. The number of fused-ring (bicyclic) bond motifs is 1. The zero-order valence-electron chi connectivity index (χ0n) is 15.2. The summed E-state index contributed by atoms with van der Waals surface area (Å²) in [5.41, 5.74) is 8.24. The molecule has 1 aromatic carbocycles. The van der Waals surface area contributed by atoms with E-state index in [-0.39, 0.29) is 0 Å². The zero-order chi connectivity index (χ0) is 19.4. The van der Waals surface area contributed by atoms with Gasteiger partial charge < -0.3 is 15.6 Å². The minimum Gasteiger partial charge on any atom is -0.371 e. The van der Waals surface area contributed by atoms with Crippen LogP contribution in [0.25, 0.3) is 11.0 Å². The lowest BCUT2D eigenvalue weighted by Crippen LogP contribution is -2.27. The summed E-state index contributed by atoms with van der Waals surface area (Å²) in [7, 11) is 0. The fraction of sp³-hybridized carbons (Fsp3) is 0.579. The third kappa shape index (κ3) is 5.43. The van der Waals surface area contributed by atoms with Gasteiger partial charge in [0.25, 0.3) is 9.70 Å². The van der Waals surface area contributed by atoms with Gasteiger partial charge in [-0.2, -0.15) is 0 Å². The topological polar surface area (TPSA) is 75.0 Å². The lowest BCUT2D eigenvalue weighted by atomic mass is 9.89. The van der Waals surface area contributed by atoms with E-state index in [1.807, 2.05) is 0 Å². The first-order valence-electron chi connectivity index (χ1n) is 9.46. The smallest absolute Gasteiger partial charge is 0.269 e. The van der Waals surface area contributed by atoms with Crippen LogP contribution < -0.4 is 10.6 Å². The molecule has 3 N–H and O–H groups in total. The monoisotopic (exact) mass is 430 g/mol. The van der Waals surface area contributed by atoms with E-state index in [2.05, 4.69) is 33.8 Å². The van der Waals surface area contributed by atoms with E-state index in [4.69, 9.17) is 39.8 Å². The fourth-order valence-corrected chi connectivity index (χ4v) is 3.76. The van der Waals surface area contributed by atoms with E-state index in [1.54, 1.807) is 0 Å².